The van der Waals surface area contributed by atoms with Crippen LogP contribution in [0.5, 0.6) is 0 Å². The van der Waals surface area contributed by atoms with E-state index in [-0.39, 0.29) is 18.1 Å². The van der Waals surface area contributed by atoms with E-state index in [2.05, 4.69) is 10.2 Å². The van der Waals surface area contributed by atoms with Crippen molar-refractivity contribution in [2.75, 3.05) is 13.6 Å². The highest BCUT2D eigenvalue weighted by atomic mass is 16.5. The molecule has 1 N–H and O–H groups in total. The first-order chi connectivity index (χ1) is 9.67. The van der Waals surface area contributed by atoms with Crippen LogP contribution in [0.1, 0.15) is 30.8 Å². The molecule has 0 spiro atoms. The summed E-state index contributed by atoms with van der Waals surface area (Å²) in [6, 6.07) is 4.46. The van der Waals surface area contributed by atoms with Gasteiger partial charge in [0, 0.05) is 19.6 Å². The lowest BCUT2D eigenvalue weighted by Gasteiger charge is -2.35. The molecular weight excluding hydrogens is 256 g/mol. The van der Waals surface area contributed by atoms with E-state index in [9.17, 15) is 4.79 Å². The number of nitrogens with one attached hydrogen (secondary N) is 1. The number of hydrogen-bond donors (Lipinski definition) is 1. The highest BCUT2D eigenvalue weighted by Gasteiger charge is 2.41. The van der Waals surface area contributed by atoms with E-state index in [1.54, 1.807) is 7.05 Å². The van der Waals surface area contributed by atoms with Crippen LogP contribution in [0.3, 0.4) is 0 Å². The molecule has 5 nitrogen and oxygen atoms in total. The summed E-state index contributed by atoms with van der Waals surface area (Å²) < 4.78 is 11.6. The Morgan fingerprint density at radius 1 is 1.40 bits per heavy atom. The zero-order valence-electron chi connectivity index (χ0n) is 12.1. The molecule has 2 aliphatic heterocycles. The van der Waals surface area contributed by atoms with Gasteiger partial charge in [0.15, 0.2) is 0 Å². The van der Waals surface area contributed by atoms with Crippen molar-refractivity contribution in [3.8, 4) is 0 Å². The number of hydrogen-bond acceptors (Lipinski definition) is 4. The number of carbonyl (C=O) groups is 1. The van der Waals surface area contributed by atoms with Gasteiger partial charge in [0.05, 0.1) is 12.6 Å². The van der Waals surface area contributed by atoms with Crippen molar-refractivity contribution >= 4 is 5.91 Å². The molecule has 0 unspecified atom stereocenters. The Kier molecular flexibility index (Phi) is 3.81. The molecule has 3 rings (SSSR count). The molecule has 3 heterocycles. The summed E-state index contributed by atoms with van der Waals surface area (Å²) in [5.41, 5.74) is 0. The van der Waals surface area contributed by atoms with Gasteiger partial charge < -0.3 is 14.5 Å². The third kappa shape index (κ3) is 2.60. The Morgan fingerprint density at radius 3 is 2.95 bits per heavy atom. The first-order valence-electron chi connectivity index (χ1n) is 7.34. The minimum atomic E-state index is -0.271. The summed E-state index contributed by atoms with van der Waals surface area (Å²) in [6.45, 7) is 3.81. The van der Waals surface area contributed by atoms with Crippen molar-refractivity contribution in [1.82, 2.24) is 10.2 Å². The average molecular weight is 278 g/mol. The Labute approximate surface area is 119 Å². The fourth-order valence-electron chi connectivity index (χ4n) is 3.34. The Morgan fingerprint density at radius 2 is 2.25 bits per heavy atom. The van der Waals surface area contributed by atoms with E-state index in [4.69, 9.17) is 9.15 Å². The molecule has 1 amide bonds. The summed E-state index contributed by atoms with van der Waals surface area (Å²) >= 11 is 0. The van der Waals surface area contributed by atoms with Crippen LogP contribution < -0.4 is 5.32 Å². The second-order valence-electron chi connectivity index (χ2n) is 5.69. The fraction of sp³-hybridized carbons (Fsp3) is 0.667. The van der Waals surface area contributed by atoms with Gasteiger partial charge in [0.25, 0.3) is 0 Å². The molecule has 5 heteroatoms. The smallest absolute Gasteiger partial charge is 0.248 e. The number of nitrogens with zero attached hydrogens (tertiary/aromatic N) is 1. The van der Waals surface area contributed by atoms with Crippen molar-refractivity contribution in [2.24, 2.45) is 0 Å². The van der Waals surface area contributed by atoms with Gasteiger partial charge in [-0.25, -0.2) is 0 Å². The number of likely N-dealkylation sites (N-methyl/N-ethyl adjacent to an activating group) is 1. The minimum Gasteiger partial charge on any atom is -0.465 e. The molecule has 1 aromatic rings. The van der Waals surface area contributed by atoms with Crippen LogP contribution in [0.25, 0.3) is 0 Å². The SMILES string of the molecule is CNC(=O)[C@H]1CC[C@@H]2[C@@H](CCN2Cc2ccc(C)o2)O1. The number of furan rings is 1. The second kappa shape index (κ2) is 5.58. The predicted molar refractivity (Wildman–Crippen MR) is 74.2 cm³/mol. The maximum absolute atomic E-state index is 11.7. The van der Waals surface area contributed by atoms with E-state index in [0.29, 0.717) is 6.04 Å². The van der Waals surface area contributed by atoms with Crippen molar-refractivity contribution in [3.63, 3.8) is 0 Å². The summed E-state index contributed by atoms with van der Waals surface area (Å²) in [5, 5.41) is 2.68. The third-order valence-corrected chi connectivity index (χ3v) is 4.36. The van der Waals surface area contributed by atoms with Crippen molar-refractivity contribution in [1.29, 1.82) is 0 Å². The van der Waals surface area contributed by atoms with E-state index < -0.39 is 0 Å². The van der Waals surface area contributed by atoms with Gasteiger partial charge in [-0.05, 0) is 38.3 Å². The molecule has 20 heavy (non-hydrogen) atoms. The van der Waals surface area contributed by atoms with Crippen molar-refractivity contribution < 1.29 is 13.9 Å². The monoisotopic (exact) mass is 278 g/mol. The quantitative estimate of drug-likeness (QED) is 0.909. The highest BCUT2D eigenvalue weighted by molar-refractivity contribution is 5.80. The second-order valence-corrected chi connectivity index (χ2v) is 5.69. The van der Waals surface area contributed by atoms with Crippen molar-refractivity contribution in [2.45, 2.75) is 51.0 Å². The Balaban J connectivity index is 1.61. The molecule has 1 aromatic heterocycles. The summed E-state index contributed by atoms with van der Waals surface area (Å²) in [5.74, 6) is 1.97. The maximum Gasteiger partial charge on any atom is 0.248 e. The zero-order chi connectivity index (χ0) is 14.1. The summed E-state index contributed by atoms with van der Waals surface area (Å²) in [4.78, 5) is 14.1. The molecule has 2 fully saturated rings. The van der Waals surface area contributed by atoms with Crippen LogP contribution in [-0.4, -0.2) is 42.6 Å². The minimum absolute atomic E-state index is 0.00330. The van der Waals surface area contributed by atoms with Gasteiger partial charge >= 0.3 is 0 Å². The standard InChI is InChI=1S/C15H22N2O3/c1-10-3-4-11(19-10)9-17-8-7-13-12(17)5-6-14(20-13)15(18)16-2/h3-4,12-14H,5-9H2,1-2H3,(H,16,18)/t12-,13-,14-/m1/s1. The summed E-state index contributed by atoms with van der Waals surface area (Å²) in [7, 11) is 1.66. The maximum atomic E-state index is 11.7. The average Bonchev–Trinajstić information content (AvgIpc) is 3.05. The largest absolute Gasteiger partial charge is 0.465 e. The molecule has 0 saturated carbocycles. The van der Waals surface area contributed by atoms with E-state index in [1.165, 1.54) is 0 Å². The third-order valence-electron chi connectivity index (χ3n) is 4.36. The topological polar surface area (TPSA) is 54.7 Å². The molecule has 0 aliphatic carbocycles. The van der Waals surface area contributed by atoms with Crippen LogP contribution in [0, 0.1) is 6.92 Å². The number of carbonyl (C=O) groups excluding carboxylic acids is 1. The van der Waals surface area contributed by atoms with Gasteiger partial charge in [0.2, 0.25) is 5.91 Å². The normalized spacial score (nSPS) is 30.2. The molecule has 0 aromatic carbocycles. The molecule has 2 saturated heterocycles. The van der Waals surface area contributed by atoms with Gasteiger partial charge in [0.1, 0.15) is 17.6 Å². The molecular formula is C15H22N2O3. The molecule has 110 valence electrons. The predicted octanol–water partition coefficient (Wildman–Crippen LogP) is 1.46. The Hall–Kier alpha value is -1.33. The number of aryl methyl sites for hydroxylation is 1. The van der Waals surface area contributed by atoms with E-state index in [0.717, 1.165) is 43.9 Å². The molecule has 3 atom stereocenters. The lowest BCUT2D eigenvalue weighted by molar-refractivity contribution is -0.143. The van der Waals surface area contributed by atoms with Crippen LogP contribution in [0.4, 0.5) is 0 Å². The lowest BCUT2D eigenvalue weighted by Crippen LogP contribution is -2.47. The number of amides is 1. The number of ether oxygens (including phenoxy) is 1. The zero-order valence-corrected chi connectivity index (χ0v) is 12.1. The molecule has 2 aliphatic rings. The van der Waals surface area contributed by atoms with Crippen LogP contribution in [-0.2, 0) is 16.1 Å². The van der Waals surface area contributed by atoms with Crippen LogP contribution in [0.2, 0.25) is 0 Å². The van der Waals surface area contributed by atoms with E-state index in [1.807, 2.05) is 19.1 Å². The highest BCUT2D eigenvalue weighted by Crippen LogP contribution is 2.32. The van der Waals surface area contributed by atoms with Gasteiger partial charge in [-0.15, -0.1) is 0 Å². The first-order valence-corrected chi connectivity index (χ1v) is 7.34. The number of fused-ring (bicyclic) bond motifs is 1. The van der Waals surface area contributed by atoms with Gasteiger partial charge in [-0.3, -0.25) is 9.69 Å². The van der Waals surface area contributed by atoms with E-state index >= 15 is 0 Å². The molecule has 0 bridgehead atoms. The lowest BCUT2D eigenvalue weighted by atomic mass is 9.98. The van der Waals surface area contributed by atoms with Crippen LogP contribution in [0.15, 0.2) is 16.5 Å². The van der Waals surface area contributed by atoms with Gasteiger partial charge in [-0.1, -0.05) is 0 Å². The number of likely N-dealkylation sites (tertiary alicyclic amines) is 1. The van der Waals surface area contributed by atoms with Gasteiger partial charge in [-0.2, -0.15) is 0 Å². The van der Waals surface area contributed by atoms with Crippen molar-refractivity contribution in [3.05, 3.63) is 23.7 Å². The molecule has 0 radical (unpaired) electrons. The number of rotatable bonds is 3. The first kappa shape index (κ1) is 13.6. The Bertz CT molecular complexity index is 485. The fourth-order valence-corrected chi connectivity index (χ4v) is 3.34. The summed E-state index contributed by atoms with van der Waals surface area (Å²) in [6.07, 6.45) is 2.73. The van der Waals surface area contributed by atoms with Crippen LogP contribution >= 0.6 is 0 Å².